The molecule has 0 aliphatic carbocycles. The van der Waals surface area contributed by atoms with Gasteiger partial charge >= 0.3 is 11.7 Å². The number of nitrogens with zero attached hydrogens (tertiary/aromatic N) is 4. The third-order valence-corrected chi connectivity index (χ3v) is 10.9. The molecular weight excluding hydrogens is 770 g/mol. The molecule has 0 amide bonds. The standard InChI is InChI=1S/C38H39F3N6O7SSi/c1-24(26-8-11-29(39)12-9-26)54-33-19-27(10-14-32(33)46-55(50,51)38(40)41)35-31(20-42)36(47(45-35)23-52-16-17-56(2,3)4)44-34-15-13-30(21-43-34)53-22-25-6-5-7-28(18-25)37(48)49/h5-15,18-19,21,24,38,46H,16-17,22-23H2,1-4H3,(H,43,44)(H,48,49)/t24-/m0/s1. The normalized spacial score (nSPS) is 12.2. The Labute approximate surface area is 322 Å². The molecule has 2 aromatic heterocycles. The molecule has 0 spiro atoms. The van der Waals surface area contributed by atoms with Gasteiger partial charge in [0.05, 0.1) is 17.4 Å². The zero-order valence-electron chi connectivity index (χ0n) is 30.8. The third kappa shape index (κ3) is 10.9. The molecule has 0 saturated heterocycles. The molecule has 5 aromatic rings. The summed E-state index contributed by atoms with van der Waals surface area (Å²) in [7, 11) is -6.56. The fraction of sp³-hybridized carbons (Fsp3) is 0.263. The quantitative estimate of drug-likeness (QED) is 0.0572. The number of halogens is 3. The highest BCUT2D eigenvalue weighted by Crippen LogP contribution is 2.38. The fourth-order valence-electron chi connectivity index (χ4n) is 5.18. The first-order chi connectivity index (χ1) is 26.5. The molecule has 0 aliphatic rings. The Morgan fingerprint density at radius 1 is 1.05 bits per heavy atom. The molecule has 0 aliphatic heterocycles. The van der Waals surface area contributed by atoms with Crippen LogP contribution in [-0.2, 0) is 28.1 Å². The van der Waals surface area contributed by atoms with Gasteiger partial charge in [-0.15, -0.1) is 0 Å². The second-order valence-electron chi connectivity index (χ2n) is 13.8. The van der Waals surface area contributed by atoms with Crippen molar-refractivity contribution in [1.29, 1.82) is 5.26 Å². The minimum atomic E-state index is -5.10. The maximum absolute atomic E-state index is 13.6. The number of sulfonamides is 1. The fourth-order valence-corrected chi connectivity index (χ4v) is 6.50. The van der Waals surface area contributed by atoms with E-state index in [1.807, 2.05) is 4.72 Å². The number of aromatic carboxylic acids is 1. The number of anilines is 3. The molecule has 56 heavy (non-hydrogen) atoms. The lowest BCUT2D eigenvalue weighted by atomic mass is 10.1. The Hall–Kier alpha value is -5.90. The van der Waals surface area contributed by atoms with Crippen molar-refractivity contribution in [1.82, 2.24) is 14.8 Å². The zero-order chi connectivity index (χ0) is 40.6. The van der Waals surface area contributed by atoms with Crippen molar-refractivity contribution in [3.8, 4) is 28.8 Å². The highest BCUT2D eigenvalue weighted by Gasteiger charge is 2.27. The predicted octanol–water partition coefficient (Wildman–Crippen LogP) is 8.39. The van der Waals surface area contributed by atoms with Gasteiger partial charge in [0.15, 0.2) is 5.82 Å². The second kappa shape index (κ2) is 17.7. The first kappa shape index (κ1) is 41.3. The van der Waals surface area contributed by atoms with Gasteiger partial charge in [-0.1, -0.05) is 50.0 Å². The predicted molar refractivity (Wildman–Crippen MR) is 206 cm³/mol. The summed E-state index contributed by atoms with van der Waals surface area (Å²) in [5.74, 6) is -4.51. The lowest BCUT2D eigenvalue weighted by Gasteiger charge is -2.19. The Bertz CT molecular complexity index is 2310. The molecule has 0 unspecified atom stereocenters. The molecule has 2 heterocycles. The van der Waals surface area contributed by atoms with E-state index >= 15 is 0 Å². The van der Waals surface area contributed by atoms with E-state index < -0.39 is 41.7 Å². The smallest absolute Gasteiger partial charge is 0.355 e. The van der Waals surface area contributed by atoms with E-state index in [-0.39, 0.29) is 53.0 Å². The number of pyridine rings is 1. The maximum Gasteiger partial charge on any atom is 0.355 e. The summed E-state index contributed by atoms with van der Waals surface area (Å²) in [4.78, 5) is 15.7. The van der Waals surface area contributed by atoms with E-state index in [0.29, 0.717) is 29.3 Å². The molecule has 0 fully saturated rings. The van der Waals surface area contributed by atoms with Crippen LogP contribution in [0.15, 0.2) is 85.1 Å². The molecule has 3 N–H and O–H groups in total. The number of carbonyl (C=O) groups is 1. The van der Waals surface area contributed by atoms with Crippen LogP contribution >= 0.6 is 0 Å². The van der Waals surface area contributed by atoms with Gasteiger partial charge in [-0.25, -0.2) is 27.3 Å². The Balaban J connectivity index is 1.48. The summed E-state index contributed by atoms with van der Waals surface area (Å²) in [5, 5.41) is 27.5. The van der Waals surface area contributed by atoms with Crippen molar-refractivity contribution >= 4 is 41.4 Å². The molecule has 0 radical (unpaired) electrons. The van der Waals surface area contributed by atoms with Crippen molar-refractivity contribution in [2.24, 2.45) is 0 Å². The summed E-state index contributed by atoms with van der Waals surface area (Å²) >= 11 is 0. The van der Waals surface area contributed by atoms with Crippen LogP contribution in [0.1, 0.15) is 40.1 Å². The van der Waals surface area contributed by atoms with Crippen molar-refractivity contribution in [3.63, 3.8) is 0 Å². The SMILES string of the molecule is C[C@H](Oc1cc(-c2nn(COCC[Si](C)(C)C)c(Nc3ccc(OCc4cccc(C(=O)O)c4)cn3)c2C#N)ccc1NS(=O)(=O)C(F)F)c1ccc(F)cc1. The van der Waals surface area contributed by atoms with E-state index in [4.69, 9.17) is 14.2 Å². The summed E-state index contributed by atoms with van der Waals surface area (Å²) in [6.07, 6.45) is 0.658. The van der Waals surface area contributed by atoms with Crippen LogP contribution in [0.2, 0.25) is 25.7 Å². The van der Waals surface area contributed by atoms with Crippen LogP contribution < -0.4 is 19.5 Å². The van der Waals surface area contributed by atoms with Gasteiger partial charge < -0.3 is 24.6 Å². The molecular formula is C38H39F3N6O7SSi. The largest absolute Gasteiger partial charge is 0.487 e. The Morgan fingerprint density at radius 2 is 1.80 bits per heavy atom. The van der Waals surface area contributed by atoms with Gasteiger partial charge in [-0.05, 0) is 72.6 Å². The van der Waals surface area contributed by atoms with Gasteiger partial charge in [0, 0.05) is 20.2 Å². The second-order valence-corrected chi connectivity index (χ2v) is 21.0. The molecule has 3 aromatic carbocycles. The minimum Gasteiger partial charge on any atom is -0.487 e. The van der Waals surface area contributed by atoms with Crippen LogP contribution in [0.4, 0.5) is 30.5 Å². The van der Waals surface area contributed by atoms with E-state index in [0.717, 1.165) is 6.04 Å². The number of hydrogen-bond acceptors (Lipinski definition) is 10. The first-order valence-electron chi connectivity index (χ1n) is 17.2. The zero-order valence-corrected chi connectivity index (χ0v) is 32.6. The van der Waals surface area contributed by atoms with Crippen molar-refractivity contribution in [3.05, 3.63) is 113 Å². The van der Waals surface area contributed by atoms with Crippen LogP contribution in [-0.4, -0.2) is 54.7 Å². The molecule has 0 bridgehead atoms. The van der Waals surface area contributed by atoms with Gasteiger partial charge in [-0.3, -0.25) is 4.72 Å². The number of nitrogens with one attached hydrogen (secondary N) is 2. The summed E-state index contributed by atoms with van der Waals surface area (Å²) < 4.78 is 85.9. The number of rotatable bonds is 18. The van der Waals surface area contributed by atoms with Gasteiger partial charge in [0.25, 0.3) is 10.0 Å². The third-order valence-electron chi connectivity index (χ3n) is 8.22. The Kier molecular flexibility index (Phi) is 13.0. The topological polar surface area (TPSA) is 178 Å². The number of alkyl halides is 2. The average Bonchev–Trinajstić information content (AvgIpc) is 3.50. The number of nitriles is 1. The lowest BCUT2D eigenvalue weighted by Crippen LogP contribution is -2.22. The molecule has 5 rings (SSSR count). The maximum atomic E-state index is 13.6. The number of aromatic nitrogens is 3. The van der Waals surface area contributed by atoms with E-state index in [1.54, 1.807) is 31.2 Å². The van der Waals surface area contributed by atoms with E-state index in [9.17, 15) is 36.8 Å². The highest BCUT2D eigenvalue weighted by molar-refractivity contribution is 7.93. The number of benzene rings is 3. The molecule has 1 atom stereocenters. The highest BCUT2D eigenvalue weighted by atomic mass is 32.2. The molecule has 0 saturated carbocycles. The summed E-state index contributed by atoms with van der Waals surface area (Å²) in [5.41, 5.74) is 1.46. The van der Waals surface area contributed by atoms with Crippen LogP contribution in [0, 0.1) is 17.1 Å². The van der Waals surface area contributed by atoms with Crippen LogP contribution in [0.3, 0.4) is 0 Å². The molecule has 18 heteroatoms. The van der Waals surface area contributed by atoms with Crippen LogP contribution in [0.5, 0.6) is 11.5 Å². The van der Waals surface area contributed by atoms with Crippen molar-refractivity contribution < 1.29 is 45.7 Å². The van der Waals surface area contributed by atoms with Crippen molar-refractivity contribution in [2.75, 3.05) is 16.6 Å². The average molecular weight is 809 g/mol. The lowest BCUT2D eigenvalue weighted by molar-refractivity contribution is 0.0696. The summed E-state index contributed by atoms with van der Waals surface area (Å²) in [6.45, 7) is 8.70. The molecule has 294 valence electrons. The summed E-state index contributed by atoms with van der Waals surface area (Å²) in [6, 6.07) is 22.0. The number of hydrogen-bond donors (Lipinski definition) is 3. The number of ether oxygens (including phenoxy) is 3. The minimum absolute atomic E-state index is 0.0534. The van der Waals surface area contributed by atoms with Gasteiger partial charge in [0.1, 0.15) is 59.9 Å². The Morgan fingerprint density at radius 3 is 2.45 bits per heavy atom. The van der Waals surface area contributed by atoms with Crippen LogP contribution in [0.25, 0.3) is 11.3 Å². The molecule has 13 nitrogen and oxygen atoms in total. The number of carboxylic acid groups (broad SMARTS) is 1. The van der Waals surface area contributed by atoms with E-state index in [1.165, 1.54) is 65.5 Å². The number of carboxylic acids is 1. The van der Waals surface area contributed by atoms with E-state index in [2.05, 4.69) is 41.1 Å². The van der Waals surface area contributed by atoms with Crippen molar-refractivity contribution in [2.45, 2.75) is 57.8 Å². The monoisotopic (exact) mass is 808 g/mol. The van der Waals surface area contributed by atoms with Gasteiger partial charge in [-0.2, -0.15) is 19.1 Å². The first-order valence-corrected chi connectivity index (χ1v) is 22.4. The van der Waals surface area contributed by atoms with Gasteiger partial charge in [0.2, 0.25) is 0 Å².